The lowest BCUT2D eigenvalue weighted by Gasteiger charge is -2.22. The van der Waals surface area contributed by atoms with Crippen LogP contribution in [-0.4, -0.2) is 18.6 Å². The summed E-state index contributed by atoms with van der Waals surface area (Å²) >= 11 is 0. The number of carbonyl (C=O) groups excluding carboxylic acids is 1. The number of halogens is 1. The summed E-state index contributed by atoms with van der Waals surface area (Å²) in [5.74, 6) is 0.687. The minimum Gasteiger partial charge on any atom is -0.497 e. The number of hydrogen-bond acceptors (Lipinski definition) is 3. The quantitative estimate of drug-likeness (QED) is 0.886. The molecule has 0 unspecified atom stereocenters. The summed E-state index contributed by atoms with van der Waals surface area (Å²) in [6.07, 6.45) is 3.61. The normalized spacial score (nSPS) is 16.8. The molecule has 0 radical (unpaired) electrons. The number of ether oxygens (including phenoxy) is 1. The van der Waals surface area contributed by atoms with Crippen molar-refractivity contribution < 1.29 is 9.53 Å². The number of amides is 1. The van der Waals surface area contributed by atoms with Gasteiger partial charge in [-0.05, 0) is 37.1 Å². The summed E-state index contributed by atoms with van der Waals surface area (Å²) in [4.78, 5) is 12.0. The van der Waals surface area contributed by atoms with Crippen LogP contribution in [-0.2, 0) is 4.79 Å². The Morgan fingerprint density at radius 2 is 1.83 bits per heavy atom. The van der Waals surface area contributed by atoms with Crippen LogP contribution in [0, 0.1) is 0 Å². The van der Waals surface area contributed by atoms with Gasteiger partial charge >= 0.3 is 0 Å². The SMILES string of the molecule is COc1ccc(NC(=O)C2(N)CCCC2)cc1.Cl. The first-order valence-corrected chi connectivity index (χ1v) is 5.88. The van der Waals surface area contributed by atoms with Gasteiger partial charge in [-0.3, -0.25) is 4.79 Å². The molecule has 18 heavy (non-hydrogen) atoms. The van der Waals surface area contributed by atoms with E-state index in [0.717, 1.165) is 37.1 Å². The van der Waals surface area contributed by atoms with Crippen LogP contribution in [0.2, 0.25) is 0 Å². The topological polar surface area (TPSA) is 64.3 Å². The zero-order valence-electron chi connectivity index (χ0n) is 10.4. The lowest BCUT2D eigenvalue weighted by Crippen LogP contribution is -2.48. The van der Waals surface area contributed by atoms with Gasteiger partial charge in [0.1, 0.15) is 5.75 Å². The molecule has 1 saturated carbocycles. The molecule has 0 saturated heterocycles. The highest BCUT2D eigenvalue weighted by atomic mass is 35.5. The molecule has 4 nitrogen and oxygen atoms in total. The van der Waals surface area contributed by atoms with Crippen molar-refractivity contribution >= 4 is 24.0 Å². The Morgan fingerprint density at radius 3 is 2.33 bits per heavy atom. The van der Waals surface area contributed by atoms with E-state index in [1.807, 2.05) is 24.3 Å². The molecule has 3 N–H and O–H groups in total. The molecule has 1 aliphatic carbocycles. The van der Waals surface area contributed by atoms with Gasteiger partial charge in [0.25, 0.3) is 0 Å². The van der Waals surface area contributed by atoms with Crippen molar-refractivity contribution in [2.75, 3.05) is 12.4 Å². The van der Waals surface area contributed by atoms with Gasteiger partial charge in [0.2, 0.25) is 5.91 Å². The average molecular weight is 271 g/mol. The number of anilines is 1. The Balaban J connectivity index is 0.00000162. The molecule has 0 atom stereocenters. The molecule has 1 aromatic carbocycles. The molecule has 0 heterocycles. The van der Waals surface area contributed by atoms with Gasteiger partial charge < -0.3 is 15.8 Å². The maximum atomic E-state index is 12.0. The van der Waals surface area contributed by atoms with Crippen molar-refractivity contribution in [1.29, 1.82) is 0 Å². The third kappa shape index (κ3) is 3.15. The molecular weight excluding hydrogens is 252 g/mol. The van der Waals surface area contributed by atoms with Crippen LogP contribution in [0.1, 0.15) is 25.7 Å². The van der Waals surface area contributed by atoms with Crippen LogP contribution in [0.4, 0.5) is 5.69 Å². The van der Waals surface area contributed by atoms with E-state index in [1.54, 1.807) is 7.11 Å². The number of nitrogens with two attached hydrogens (primary N) is 1. The summed E-state index contributed by atoms with van der Waals surface area (Å²) in [7, 11) is 1.61. The van der Waals surface area contributed by atoms with Crippen molar-refractivity contribution in [3.63, 3.8) is 0 Å². The second-order valence-electron chi connectivity index (χ2n) is 4.55. The standard InChI is InChI=1S/C13H18N2O2.ClH/c1-17-11-6-4-10(5-7-11)15-12(16)13(14)8-2-3-9-13;/h4-7H,2-3,8-9,14H2,1H3,(H,15,16);1H. The van der Waals surface area contributed by atoms with Crippen LogP contribution in [0.15, 0.2) is 24.3 Å². The van der Waals surface area contributed by atoms with Crippen LogP contribution in [0.3, 0.4) is 0 Å². The first-order valence-electron chi connectivity index (χ1n) is 5.88. The van der Waals surface area contributed by atoms with Crippen molar-refractivity contribution in [3.05, 3.63) is 24.3 Å². The van der Waals surface area contributed by atoms with E-state index in [4.69, 9.17) is 10.5 Å². The summed E-state index contributed by atoms with van der Waals surface area (Å²) in [6.45, 7) is 0. The smallest absolute Gasteiger partial charge is 0.244 e. The second kappa shape index (κ2) is 6.07. The van der Waals surface area contributed by atoms with E-state index < -0.39 is 5.54 Å². The molecule has 0 aromatic heterocycles. The number of hydrogen-bond donors (Lipinski definition) is 2. The Bertz CT molecular complexity index is 400. The highest BCUT2D eigenvalue weighted by Crippen LogP contribution is 2.28. The lowest BCUT2D eigenvalue weighted by atomic mass is 9.98. The summed E-state index contributed by atoms with van der Waals surface area (Å²) in [5.41, 5.74) is 6.15. The Kier molecular flexibility index (Phi) is 4.99. The van der Waals surface area contributed by atoms with E-state index in [2.05, 4.69) is 5.32 Å². The third-order valence-corrected chi connectivity index (χ3v) is 3.30. The predicted octanol–water partition coefficient (Wildman–Crippen LogP) is 2.33. The van der Waals surface area contributed by atoms with Crippen LogP contribution >= 0.6 is 12.4 Å². The number of rotatable bonds is 3. The molecule has 0 bridgehead atoms. The average Bonchev–Trinajstić information content (AvgIpc) is 2.78. The van der Waals surface area contributed by atoms with Crippen molar-refractivity contribution in [1.82, 2.24) is 0 Å². The molecule has 100 valence electrons. The maximum Gasteiger partial charge on any atom is 0.244 e. The van der Waals surface area contributed by atoms with E-state index in [-0.39, 0.29) is 18.3 Å². The zero-order valence-corrected chi connectivity index (χ0v) is 11.3. The Labute approximate surface area is 113 Å². The van der Waals surface area contributed by atoms with Crippen molar-refractivity contribution in [3.8, 4) is 5.75 Å². The van der Waals surface area contributed by atoms with Crippen LogP contribution < -0.4 is 15.8 Å². The minimum absolute atomic E-state index is 0. The fourth-order valence-corrected chi connectivity index (χ4v) is 2.16. The van der Waals surface area contributed by atoms with Crippen molar-refractivity contribution in [2.24, 2.45) is 5.73 Å². The first-order chi connectivity index (χ1) is 8.14. The Hall–Kier alpha value is -1.26. The molecule has 0 aliphatic heterocycles. The molecular formula is C13H19ClN2O2. The van der Waals surface area contributed by atoms with Gasteiger partial charge in [-0.15, -0.1) is 12.4 Å². The number of nitrogens with one attached hydrogen (secondary N) is 1. The lowest BCUT2D eigenvalue weighted by molar-refractivity contribution is -0.121. The third-order valence-electron chi connectivity index (χ3n) is 3.30. The highest BCUT2D eigenvalue weighted by molar-refractivity contribution is 5.98. The minimum atomic E-state index is -0.681. The molecule has 1 amide bonds. The largest absolute Gasteiger partial charge is 0.497 e. The monoisotopic (exact) mass is 270 g/mol. The number of methoxy groups -OCH3 is 1. The first kappa shape index (κ1) is 14.8. The predicted molar refractivity (Wildman–Crippen MR) is 74.3 cm³/mol. The van der Waals surface area contributed by atoms with Crippen molar-refractivity contribution in [2.45, 2.75) is 31.2 Å². The fourth-order valence-electron chi connectivity index (χ4n) is 2.16. The highest BCUT2D eigenvalue weighted by Gasteiger charge is 2.36. The maximum absolute atomic E-state index is 12.0. The van der Waals surface area contributed by atoms with Gasteiger partial charge in [0, 0.05) is 5.69 Å². The molecule has 2 rings (SSSR count). The second-order valence-corrected chi connectivity index (χ2v) is 4.55. The summed E-state index contributed by atoms with van der Waals surface area (Å²) in [5, 5.41) is 2.86. The molecule has 1 aromatic rings. The zero-order chi connectivity index (χ0) is 12.3. The van der Waals surface area contributed by atoms with Gasteiger partial charge in [-0.25, -0.2) is 0 Å². The van der Waals surface area contributed by atoms with Crippen LogP contribution in [0.5, 0.6) is 5.75 Å². The van der Waals surface area contributed by atoms with Gasteiger partial charge in [-0.2, -0.15) is 0 Å². The molecule has 0 spiro atoms. The van der Waals surface area contributed by atoms with Gasteiger partial charge in [-0.1, -0.05) is 12.8 Å². The molecule has 1 fully saturated rings. The summed E-state index contributed by atoms with van der Waals surface area (Å²) in [6, 6.07) is 7.25. The van der Waals surface area contributed by atoms with Gasteiger partial charge in [0.05, 0.1) is 12.6 Å². The molecule has 5 heteroatoms. The Morgan fingerprint density at radius 1 is 1.28 bits per heavy atom. The van der Waals surface area contributed by atoms with E-state index in [1.165, 1.54) is 0 Å². The van der Waals surface area contributed by atoms with E-state index in [9.17, 15) is 4.79 Å². The summed E-state index contributed by atoms with van der Waals surface area (Å²) < 4.78 is 5.06. The van der Waals surface area contributed by atoms with E-state index in [0.29, 0.717) is 0 Å². The number of carbonyl (C=O) groups is 1. The number of benzene rings is 1. The molecule has 1 aliphatic rings. The van der Waals surface area contributed by atoms with E-state index >= 15 is 0 Å². The van der Waals surface area contributed by atoms with Gasteiger partial charge in [0.15, 0.2) is 0 Å². The van der Waals surface area contributed by atoms with Crippen LogP contribution in [0.25, 0.3) is 0 Å². The fraction of sp³-hybridized carbons (Fsp3) is 0.462.